The van der Waals surface area contributed by atoms with Gasteiger partial charge in [0.1, 0.15) is 6.04 Å². The number of nitrogens with one attached hydrogen (secondary N) is 1. The molecule has 2 saturated heterocycles. The standard InChI is InChI=1S/C16H22N2O2S/c1-16(2)13(15(19)20)17-14(21-16)11-5-7-12(8-6-11)18-9-3-4-10-18/h5-8,13-14,17H,3-4,9-10H2,1-2H3,(H,19,20)/t13-,14?/m0/s1. The van der Waals surface area contributed by atoms with Crippen LogP contribution in [0.2, 0.25) is 0 Å². The van der Waals surface area contributed by atoms with Crippen molar-refractivity contribution in [1.29, 1.82) is 0 Å². The molecule has 2 aliphatic rings. The molecule has 4 nitrogen and oxygen atoms in total. The van der Waals surface area contributed by atoms with Gasteiger partial charge in [-0.25, -0.2) is 0 Å². The van der Waals surface area contributed by atoms with Crippen molar-refractivity contribution in [2.75, 3.05) is 18.0 Å². The highest BCUT2D eigenvalue weighted by Crippen LogP contribution is 2.45. The van der Waals surface area contributed by atoms with E-state index in [1.165, 1.54) is 18.5 Å². The number of carboxylic acids is 1. The molecule has 5 heteroatoms. The zero-order valence-corrected chi connectivity index (χ0v) is 13.3. The lowest BCUT2D eigenvalue weighted by Gasteiger charge is -2.20. The average Bonchev–Trinajstić information content (AvgIpc) is 3.06. The van der Waals surface area contributed by atoms with Crippen LogP contribution in [0, 0.1) is 0 Å². The normalized spacial score (nSPS) is 28.0. The lowest BCUT2D eigenvalue weighted by atomic mass is 10.0. The Morgan fingerprint density at radius 1 is 1.29 bits per heavy atom. The third-order valence-corrected chi connectivity index (χ3v) is 5.84. The first-order valence-electron chi connectivity index (χ1n) is 7.49. The molecule has 1 unspecified atom stereocenters. The summed E-state index contributed by atoms with van der Waals surface area (Å²) < 4.78 is -0.301. The number of anilines is 1. The van der Waals surface area contributed by atoms with Crippen LogP contribution in [0.4, 0.5) is 5.69 Å². The Labute approximate surface area is 129 Å². The SMILES string of the molecule is CC1(C)SC(c2ccc(N3CCCC3)cc2)N[C@H]1C(=O)O. The molecule has 21 heavy (non-hydrogen) atoms. The van der Waals surface area contributed by atoms with E-state index < -0.39 is 12.0 Å². The largest absolute Gasteiger partial charge is 0.480 e. The fourth-order valence-electron chi connectivity index (χ4n) is 3.13. The van der Waals surface area contributed by atoms with Crippen LogP contribution in [-0.2, 0) is 4.79 Å². The highest BCUT2D eigenvalue weighted by molar-refractivity contribution is 8.01. The number of thioether (sulfide) groups is 1. The van der Waals surface area contributed by atoms with E-state index >= 15 is 0 Å². The van der Waals surface area contributed by atoms with E-state index in [4.69, 9.17) is 0 Å². The van der Waals surface area contributed by atoms with Crippen molar-refractivity contribution in [3.63, 3.8) is 0 Å². The van der Waals surface area contributed by atoms with Crippen molar-refractivity contribution < 1.29 is 9.90 Å². The second-order valence-electron chi connectivity index (χ2n) is 6.32. The number of carboxylic acid groups (broad SMARTS) is 1. The Hall–Kier alpha value is -1.20. The van der Waals surface area contributed by atoms with Crippen molar-refractivity contribution in [2.24, 2.45) is 0 Å². The fourth-order valence-corrected chi connectivity index (χ4v) is 4.54. The predicted molar refractivity (Wildman–Crippen MR) is 86.9 cm³/mol. The van der Waals surface area contributed by atoms with Crippen molar-refractivity contribution in [2.45, 2.75) is 42.9 Å². The zero-order chi connectivity index (χ0) is 15.0. The molecule has 0 bridgehead atoms. The van der Waals surface area contributed by atoms with E-state index in [2.05, 4.69) is 34.5 Å². The van der Waals surface area contributed by atoms with Gasteiger partial charge in [0.05, 0.1) is 5.37 Å². The van der Waals surface area contributed by atoms with Crippen molar-refractivity contribution in [3.05, 3.63) is 29.8 Å². The van der Waals surface area contributed by atoms with Crippen LogP contribution in [0.15, 0.2) is 24.3 Å². The van der Waals surface area contributed by atoms with Gasteiger partial charge in [-0.15, -0.1) is 11.8 Å². The van der Waals surface area contributed by atoms with Gasteiger partial charge in [0, 0.05) is 23.5 Å². The first-order chi connectivity index (χ1) is 9.97. The minimum atomic E-state index is -0.774. The van der Waals surface area contributed by atoms with Gasteiger partial charge in [0.15, 0.2) is 0 Å². The van der Waals surface area contributed by atoms with E-state index in [1.54, 1.807) is 11.8 Å². The van der Waals surface area contributed by atoms with Gasteiger partial charge in [0.25, 0.3) is 0 Å². The van der Waals surface area contributed by atoms with Crippen LogP contribution in [0.1, 0.15) is 37.6 Å². The Morgan fingerprint density at radius 2 is 1.90 bits per heavy atom. The minimum Gasteiger partial charge on any atom is -0.480 e. The molecule has 0 radical (unpaired) electrons. The van der Waals surface area contributed by atoms with E-state index in [9.17, 15) is 9.90 Å². The van der Waals surface area contributed by atoms with Gasteiger partial charge >= 0.3 is 5.97 Å². The molecule has 1 aromatic rings. The van der Waals surface area contributed by atoms with E-state index in [0.717, 1.165) is 18.7 Å². The van der Waals surface area contributed by atoms with Gasteiger partial charge in [0.2, 0.25) is 0 Å². The molecule has 0 spiro atoms. The molecular weight excluding hydrogens is 284 g/mol. The smallest absolute Gasteiger partial charge is 0.322 e. The Bertz CT molecular complexity index is 524. The molecule has 3 rings (SSSR count). The maximum atomic E-state index is 11.3. The quantitative estimate of drug-likeness (QED) is 0.899. The molecule has 2 aliphatic heterocycles. The number of nitrogens with zero attached hydrogens (tertiary/aromatic N) is 1. The maximum Gasteiger partial charge on any atom is 0.322 e. The summed E-state index contributed by atoms with van der Waals surface area (Å²) in [6, 6.07) is 8.05. The second kappa shape index (κ2) is 5.54. The summed E-state index contributed by atoms with van der Waals surface area (Å²) in [5, 5.41) is 12.6. The van der Waals surface area contributed by atoms with Crippen molar-refractivity contribution in [1.82, 2.24) is 5.32 Å². The second-order valence-corrected chi connectivity index (χ2v) is 8.08. The molecule has 2 N–H and O–H groups in total. The summed E-state index contributed by atoms with van der Waals surface area (Å²) >= 11 is 1.69. The van der Waals surface area contributed by atoms with Gasteiger partial charge in [-0.3, -0.25) is 10.1 Å². The predicted octanol–water partition coefficient (Wildman–Crippen LogP) is 2.85. The third-order valence-electron chi connectivity index (χ3n) is 4.35. The van der Waals surface area contributed by atoms with Crippen LogP contribution >= 0.6 is 11.8 Å². The van der Waals surface area contributed by atoms with E-state index in [1.807, 2.05) is 13.8 Å². The average molecular weight is 306 g/mol. The molecule has 0 aromatic heterocycles. The molecule has 0 aliphatic carbocycles. The third kappa shape index (κ3) is 2.90. The lowest BCUT2D eigenvalue weighted by Crippen LogP contribution is -2.43. The zero-order valence-electron chi connectivity index (χ0n) is 12.5. The molecule has 114 valence electrons. The van der Waals surface area contributed by atoms with Crippen LogP contribution in [-0.4, -0.2) is 35.0 Å². The van der Waals surface area contributed by atoms with Gasteiger partial charge in [-0.2, -0.15) is 0 Å². The van der Waals surface area contributed by atoms with Crippen molar-refractivity contribution in [3.8, 4) is 0 Å². The van der Waals surface area contributed by atoms with Gasteiger partial charge < -0.3 is 10.0 Å². The van der Waals surface area contributed by atoms with Crippen LogP contribution < -0.4 is 10.2 Å². The number of hydrogen-bond acceptors (Lipinski definition) is 4. The molecule has 0 amide bonds. The first-order valence-corrected chi connectivity index (χ1v) is 8.37. The summed E-state index contributed by atoms with van der Waals surface area (Å²) in [6.45, 7) is 6.26. The van der Waals surface area contributed by atoms with E-state index in [0.29, 0.717) is 0 Å². The minimum absolute atomic E-state index is 0.0497. The summed E-state index contributed by atoms with van der Waals surface area (Å²) in [6.07, 6.45) is 2.55. The lowest BCUT2D eigenvalue weighted by molar-refractivity contribution is -0.139. The summed E-state index contributed by atoms with van der Waals surface area (Å²) in [5.41, 5.74) is 2.42. The number of rotatable bonds is 3. The highest BCUT2D eigenvalue weighted by atomic mass is 32.2. The Morgan fingerprint density at radius 3 is 2.43 bits per heavy atom. The molecule has 2 heterocycles. The van der Waals surface area contributed by atoms with Crippen LogP contribution in [0.3, 0.4) is 0 Å². The number of aliphatic carboxylic acids is 1. The van der Waals surface area contributed by atoms with Gasteiger partial charge in [-0.05, 0) is 44.4 Å². The number of carbonyl (C=O) groups is 1. The summed E-state index contributed by atoms with van der Waals surface area (Å²) in [5.74, 6) is -0.774. The summed E-state index contributed by atoms with van der Waals surface area (Å²) in [7, 11) is 0. The number of benzene rings is 1. The highest BCUT2D eigenvalue weighted by Gasteiger charge is 2.45. The van der Waals surface area contributed by atoms with Crippen LogP contribution in [0.5, 0.6) is 0 Å². The van der Waals surface area contributed by atoms with Crippen molar-refractivity contribution >= 4 is 23.4 Å². The monoisotopic (exact) mass is 306 g/mol. The topological polar surface area (TPSA) is 52.6 Å². The first kappa shape index (κ1) is 14.7. The molecule has 0 saturated carbocycles. The Kier molecular flexibility index (Phi) is 3.88. The molecule has 1 aromatic carbocycles. The number of hydrogen-bond donors (Lipinski definition) is 2. The van der Waals surface area contributed by atoms with Crippen LogP contribution in [0.25, 0.3) is 0 Å². The van der Waals surface area contributed by atoms with E-state index in [-0.39, 0.29) is 10.1 Å². The molecular formula is C16H22N2O2S. The molecule has 2 fully saturated rings. The van der Waals surface area contributed by atoms with Gasteiger partial charge in [-0.1, -0.05) is 12.1 Å². The Balaban J connectivity index is 1.74. The summed E-state index contributed by atoms with van der Waals surface area (Å²) in [4.78, 5) is 13.7. The molecule has 2 atom stereocenters. The maximum absolute atomic E-state index is 11.3. The fraction of sp³-hybridized carbons (Fsp3) is 0.562.